The quantitative estimate of drug-likeness (QED) is 0.724. The molecule has 1 aliphatic rings. The Morgan fingerprint density at radius 2 is 2.06 bits per heavy atom. The highest BCUT2D eigenvalue weighted by Crippen LogP contribution is 2.24. The lowest BCUT2D eigenvalue weighted by Gasteiger charge is -2.38. The number of piperidine rings is 1. The number of hydrogen-bond donors (Lipinski definition) is 0. The normalized spacial score (nSPS) is 23.5. The largest absolute Gasteiger partial charge is 0.282 e. The van der Waals surface area contributed by atoms with Gasteiger partial charge < -0.3 is 0 Å². The molecule has 0 aromatic heterocycles. The monoisotopic (exact) mass is 282 g/mol. The zero-order valence-electron chi connectivity index (χ0n) is 10.9. The highest BCUT2D eigenvalue weighted by atomic mass is 35.5. The summed E-state index contributed by atoms with van der Waals surface area (Å²) in [5.41, 5.74) is 0. The number of alkyl halides is 1. The SMILES string of the molecule is CCN(C(C)C)S(=O)(=O)N1CCCCC1CCl. The molecule has 0 amide bonds. The van der Waals surface area contributed by atoms with Gasteiger partial charge in [0.1, 0.15) is 0 Å². The molecule has 1 rings (SSSR count). The minimum atomic E-state index is -3.35. The zero-order chi connectivity index (χ0) is 13.1. The van der Waals surface area contributed by atoms with Gasteiger partial charge in [0.25, 0.3) is 10.2 Å². The van der Waals surface area contributed by atoms with Crippen LogP contribution in [0.4, 0.5) is 0 Å². The second-order valence-corrected chi connectivity index (χ2v) is 6.86. The van der Waals surface area contributed by atoms with E-state index >= 15 is 0 Å². The van der Waals surface area contributed by atoms with E-state index in [0.29, 0.717) is 19.0 Å². The van der Waals surface area contributed by atoms with Crippen molar-refractivity contribution in [3.63, 3.8) is 0 Å². The second-order valence-electron chi connectivity index (χ2n) is 4.72. The maximum atomic E-state index is 12.5. The van der Waals surface area contributed by atoms with Crippen molar-refractivity contribution in [1.29, 1.82) is 0 Å². The van der Waals surface area contributed by atoms with E-state index in [4.69, 9.17) is 11.6 Å². The van der Waals surface area contributed by atoms with Crippen molar-refractivity contribution in [2.75, 3.05) is 19.0 Å². The smallest absolute Gasteiger partial charge is 0.195 e. The summed E-state index contributed by atoms with van der Waals surface area (Å²) in [6.45, 7) is 6.78. The van der Waals surface area contributed by atoms with Crippen LogP contribution in [-0.2, 0) is 10.2 Å². The van der Waals surface area contributed by atoms with Crippen molar-refractivity contribution >= 4 is 21.8 Å². The molecule has 0 aromatic carbocycles. The van der Waals surface area contributed by atoms with E-state index in [9.17, 15) is 8.42 Å². The highest BCUT2D eigenvalue weighted by Gasteiger charge is 2.36. The van der Waals surface area contributed by atoms with E-state index in [0.717, 1.165) is 19.3 Å². The Morgan fingerprint density at radius 1 is 1.41 bits per heavy atom. The molecule has 1 atom stereocenters. The molecule has 1 heterocycles. The lowest BCUT2D eigenvalue weighted by molar-refractivity contribution is 0.238. The van der Waals surface area contributed by atoms with Gasteiger partial charge in [0.05, 0.1) is 0 Å². The molecule has 0 saturated carbocycles. The van der Waals surface area contributed by atoms with Crippen molar-refractivity contribution in [2.45, 2.75) is 52.1 Å². The summed E-state index contributed by atoms with van der Waals surface area (Å²) in [5.74, 6) is 0.384. The summed E-state index contributed by atoms with van der Waals surface area (Å²) < 4.78 is 28.2. The first-order valence-corrected chi connectivity index (χ1v) is 8.22. The Balaban J connectivity index is 2.94. The third-order valence-electron chi connectivity index (χ3n) is 3.23. The third kappa shape index (κ3) is 3.34. The van der Waals surface area contributed by atoms with Crippen LogP contribution in [0.3, 0.4) is 0 Å². The third-order valence-corrected chi connectivity index (χ3v) is 5.93. The van der Waals surface area contributed by atoms with Crippen molar-refractivity contribution in [3.8, 4) is 0 Å². The van der Waals surface area contributed by atoms with Gasteiger partial charge in [0.15, 0.2) is 0 Å². The van der Waals surface area contributed by atoms with E-state index in [1.807, 2.05) is 20.8 Å². The van der Waals surface area contributed by atoms with E-state index in [1.165, 1.54) is 4.31 Å². The van der Waals surface area contributed by atoms with Gasteiger partial charge in [-0.05, 0) is 26.7 Å². The number of halogens is 1. The first-order valence-electron chi connectivity index (χ1n) is 6.29. The molecule has 0 aromatic rings. The topological polar surface area (TPSA) is 40.6 Å². The lowest BCUT2D eigenvalue weighted by Crippen LogP contribution is -2.53. The molecular formula is C11H23ClN2O2S. The Bertz CT molecular complexity index is 332. The maximum Gasteiger partial charge on any atom is 0.282 e. The van der Waals surface area contributed by atoms with Crippen molar-refractivity contribution in [3.05, 3.63) is 0 Å². The molecule has 17 heavy (non-hydrogen) atoms. The Hall–Kier alpha value is 0.160. The standard InChI is InChI=1S/C11H23ClN2O2S/c1-4-13(10(2)3)17(15,16)14-8-6-5-7-11(14)9-12/h10-11H,4-9H2,1-3H3. The predicted molar refractivity (Wildman–Crippen MR) is 71.5 cm³/mol. The average Bonchev–Trinajstić information content (AvgIpc) is 2.29. The van der Waals surface area contributed by atoms with Crippen LogP contribution in [0.1, 0.15) is 40.0 Å². The summed E-state index contributed by atoms with van der Waals surface area (Å²) in [5, 5.41) is 0. The summed E-state index contributed by atoms with van der Waals surface area (Å²) in [4.78, 5) is 0. The molecule has 1 aliphatic heterocycles. The molecule has 6 heteroatoms. The fourth-order valence-corrected chi connectivity index (χ4v) is 4.81. The second kappa shape index (κ2) is 6.36. The van der Waals surface area contributed by atoms with Crippen molar-refractivity contribution < 1.29 is 8.42 Å². The fourth-order valence-electron chi connectivity index (χ4n) is 2.36. The number of hydrogen-bond acceptors (Lipinski definition) is 2. The van der Waals surface area contributed by atoms with Crippen LogP contribution in [0.15, 0.2) is 0 Å². The average molecular weight is 283 g/mol. The molecule has 0 N–H and O–H groups in total. The van der Waals surface area contributed by atoms with Crippen LogP contribution in [0.5, 0.6) is 0 Å². The molecule has 0 spiro atoms. The number of nitrogens with zero attached hydrogens (tertiary/aromatic N) is 2. The van der Waals surface area contributed by atoms with E-state index in [-0.39, 0.29) is 12.1 Å². The summed E-state index contributed by atoms with van der Waals surface area (Å²) in [6, 6.07) is -0.0499. The molecule has 1 fully saturated rings. The summed E-state index contributed by atoms with van der Waals surface area (Å²) in [6.07, 6.45) is 2.87. The lowest BCUT2D eigenvalue weighted by atomic mass is 10.1. The minimum Gasteiger partial charge on any atom is -0.195 e. The van der Waals surface area contributed by atoms with Crippen LogP contribution in [0.2, 0.25) is 0 Å². The summed E-state index contributed by atoms with van der Waals surface area (Å²) >= 11 is 5.88. The van der Waals surface area contributed by atoms with E-state index < -0.39 is 10.2 Å². The zero-order valence-corrected chi connectivity index (χ0v) is 12.5. The Kier molecular flexibility index (Phi) is 5.70. The van der Waals surface area contributed by atoms with Crippen LogP contribution in [0, 0.1) is 0 Å². The van der Waals surface area contributed by atoms with Gasteiger partial charge in [-0.15, -0.1) is 11.6 Å². The highest BCUT2D eigenvalue weighted by molar-refractivity contribution is 7.86. The van der Waals surface area contributed by atoms with Crippen molar-refractivity contribution in [1.82, 2.24) is 8.61 Å². The van der Waals surface area contributed by atoms with Crippen LogP contribution in [-0.4, -0.2) is 48.1 Å². The molecule has 1 unspecified atom stereocenters. The molecule has 4 nitrogen and oxygen atoms in total. The van der Waals surface area contributed by atoms with Gasteiger partial charge in [-0.1, -0.05) is 13.3 Å². The van der Waals surface area contributed by atoms with E-state index in [2.05, 4.69) is 0 Å². The number of rotatable bonds is 5. The first-order chi connectivity index (χ1) is 7.95. The van der Waals surface area contributed by atoms with E-state index in [1.54, 1.807) is 4.31 Å². The fraction of sp³-hybridized carbons (Fsp3) is 1.00. The Morgan fingerprint density at radius 3 is 2.53 bits per heavy atom. The van der Waals surface area contributed by atoms with Crippen LogP contribution >= 0.6 is 11.6 Å². The predicted octanol–water partition coefficient (Wildman–Crippen LogP) is 2.05. The molecule has 102 valence electrons. The van der Waals surface area contributed by atoms with Gasteiger partial charge in [-0.3, -0.25) is 0 Å². The van der Waals surface area contributed by atoms with Crippen LogP contribution in [0.25, 0.3) is 0 Å². The van der Waals surface area contributed by atoms with Gasteiger partial charge >= 0.3 is 0 Å². The molecular weight excluding hydrogens is 260 g/mol. The maximum absolute atomic E-state index is 12.5. The van der Waals surface area contributed by atoms with Crippen LogP contribution < -0.4 is 0 Å². The van der Waals surface area contributed by atoms with Gasteiger partial charge in [0.2, 0.25) is 0 Å². The molecule has 0 aliphatic carbocycles. The first kappa shape index (κ1) is 15.2. The molecule has 0 bridgehead atoms. The van der Waals surface area contributed by atoms with Gasteiger partial charge in [-0.25, -0.2) is 0 Å². The van der Waals surface area contributed by atoms with Gasteiger partial charge in [0, 0.05) is 31.1 Å². The van der Waals surface area contributed by atoms with Crippen molar-refractivity contribution in [2.24, 2.45) is 0 Å². The van der Waals surface area contributed by atoms with Gasteiger partial charge in [-0.2, -0.15) is 17.0 Å². The minimum absolute atomic E-state index is 0.0112. The molecule has 0 radical (unpaired) electrons. The molecule has 1 saturated heterocycles. The summed E-state index contributed by atoms with van der Waals surface area (Å²) in [7, 11) is -3.35. The Labute approximate surface area is 110 Å².